The first-order chi connectivity index (χ1) is 17.6. The van der Waals surface area contributed by atoms with Gasteiger partial charge in [0.2, 0.25) is 5.96 Å². The van der Waals surface area contributed by atoms with Crippen molar-refractivity contribution in [2.45, 2.75) is 175 Å². The second-order valence-electron chi connectivity index (χ2n) is 11.6. The van der Waals surface area contributed by atoms with Crippen LogP contribution >= 0.6 is 0 Å². The van der Waals surface area contributed by atoms with Gasteiger partial charge in [0, 0.05) is 6.54 Å². The molecule has 0 aliphatic carbocycles. The third-order valence-corrected chi connectivity index (χ3v) is 7.88. The van der Waals surface area contributed by atoms with Gasteiger partial charge in [-0.15, -0.1) is 0 Å². The average Bonchev–Trinajstić information content (AvgIpc) is 2.87. The Hall–Kier alpha value is -0.770. The molecule has 0 spiro atoms. The molecular formula is C32H69N4+. The van der Waals surface area contributed by atoms with Crippen LogP contribution in [-0.2, 0) is 0 Å². The van der Waals surface area contributed by atoms with Gasteiger partial charge in [0.1, 0.15) is 6.54 Å². The molecule has 0 amide bonds. The standard InChI is InChI=1S/C32H69N4/c1-5-8-10-12-14-16-18-20-22-24-26-28-30-34-32(33)35-36(4,7-3)31-29-27-25-23-21-19-17-15-13-11-9-6-2/h5-31H2,1-4H3,(H3,33,34,35)/q+1. The summed E-state index contributed by atoms with van der Waals surface area (Å²) in [5.74, 6) is 0.626. The normalized spacial score (nSPS) is 13.7. The molecule has 0 aliphatic heterocycles. The van der Waals surface area contributed by atoms with Crippen LogP contribution in [-0.4, -0.2) is 37.2 Å². The summed E-state index contributed by atoms with van der Waals surface area (Å²) in [5, 5.41) is 0. The first kappa shape index (κ1) is 35.2. The summed E-state index contributed by atoms with van der Waals surface area (Å²) >= 11 is 0. The number of nitrogens with zero attached hydrogens (tertiary/aromatic N) is 2. The zero-order valence-corrected chi connectivity index (χ0v) is 25.6. The number of nitrogens with one attached hydrogen (secondary N) is 1. The number of aliphatic imine (C=N–C) groups is 1. The summed E-state index contributed by atoms with van der Waals surface area (Å²) in [6, 6.07) is 0. The number of nitrogens with two attached hydrogens (primary N) is 1. The number of hydrogen-bond acceptors (Lipinski definition) is 1. The fraction of sp³-hybridized carbons (Fsp3) is 0.969. The third kappa shape index (κ3) is 24.9. The van der Waals surface area contributed by atoms with Crippen molar-refractivity contribution < 1.29 is 4.59 Å². The predicted molar refractivity (Wildman–Crippen MR) is 163 cm³/mol. The van der Waals surface area contributed by atoms with Crippen LogP contribution in [0, 0.1) is 0 Å². The molecule has 216 valence electrons. The van der Waals surface area contributed by atoms with Crippen LogP contribution in [0.2, 0.25) is 0 Å². The van der Waals surface area contributed by atoms with Gasteiger partial charge >= 0.3 is 0 Å². The van der Waals surface area contributed by atoms with Crippen LogP contribution in [0.25, 0.3) is 0 Å². The summed E-state index contributed by atoms with van der Waals surface area (Å²) in [7, 11) is 2.25. The van der Waals surface area contributed by atoms with Crippen LogP contribution < -0.4 is 11.2 Å². The molecule has 0 bridgehead atoms. The van der Waals surface area contributed by atoms with E-state index >= 15 is 0 Å². The number of quaternary nitrogens is 1. The van der Waals surface area contributed by atoms with E-state index in [2.05, 4.69) is 38.2 Å². The van der Waals surface area contributed by atoms with Crippen molar-refractivity contribution in [1.82, 2.24) is 5.43 Å². The SMILES string of the molecule is CCCCCCCCCCCCCCN=C(N)N[N+](C)(CC)CCCCCCCCCCCCCC. The maximum atomic E-state index is 6.23. The van der Waals surface area contributed by atoms with Crippen LogP contribution in [0.1, 0.15) is 175 Å². The Bertz CT molecular complexity index is 465. The fourth-order valence-electron chi connectivity index (χ4n) is 5.06. The molecular weight excluding hydrogens is 440 g/mol. The molecule has 0 aromatic rings. The van der Waals surface area contributed by atoms with E-state index in [4.69, 9.17) is 5.73 Å². The zero-order valence-electron chi connectivity index (χ0n) is 25.6. The minimum atomic E-state index is 0.626. The third-order valence-electron chi connectivity index (χ3n) is 7.88. The van der Waals surface area contributed by atoms with E-state index in [1.54, 1.807) is 0 Å². The van der Waals surface area contributed by atoms with Crippen molar-refractivity contribution in [3.05, 3.63) is 0 Å². The molecule has 1 atom stereocenters. The molecule has 36 heavy (non-hydrogen) atoms. The van der Waals surface area contributed by atoms with Crippen molar-refractivity contribution in [2.24, 2.45) is 10.7 Å². The van der Waals surface area contributed by atoms with E-state index in [0.29, 0.717) is 5.96 Å². The average molecular weight is 510 g/mol. The molecule has 0 aromatic carbocycles. The summed E-state index contributed by atoms with van der Waals surface area (Å²) in [6.07, 6.45) is 33.3. The fourth-order valence-corrected chi connectivity index (χ4v) is 5.06. The Kier molecular flexibility index (Phi) is 26.7. The van der Waals surface area contributed by atoms with Gasteiger partial charge in [0.05, 0.1) is 13.6 Å². The van der Waals surface area contributed by atoms with Crippen molar-refractivity contribution in [1.29, 1.82) is 0 Å². The maximum Gasteiger partial charge on any atom is 0.235 e. The summed E-state index contributed by atoms with van der Waals surface area (Å²) in [4.78, 5) is 4.62. The molecule has 0 radical (unpaired) electrons. The van der Waals surface area contributed by atoms with E-state index in [9.17, 15) is 0 Å². The highest BCUT2D eigenvalue weighted by Gasteiger charge is 2.19. The Labute approximate surface area is 228 Å². The predicted octanol–water partition coefficient (Wildman–Crippen LogP) is 9.67. The van der Waals surface area contributed by atoms with E-state index in [-0.39, 0.29) is 0 Å². The van der Waals surface area contributed by atoms with Gasteiger partial charge in [-0.25, -0.2) is 15.0 Å². The number of guanidine groups is 1. The first-order valence-electron chi connectivity index (χ1n) is 16.5. The minimum Gasteiger partial charge on any atom is -0.366 e. The molecule has 0 heterocycles. The molecule has 0 saturated heterocycles. The van der Waals surface area contributed by atoms with Crippen LogP contribution in [0.4, 0.5) is 0 Å². The van der Waals surface area contributed by atoms with Gasteiger partial charge in [0.15, 0.2) is 0 Å². The summed E-state index contributed by atoms with van der Waals surface area (Å²) in [5.41, 5.74) is 9.73. The highest BCUT2D eigenvalue weighted by molar-refractivity contribution is 5.76. The van der Waals surface area contributed by atoms with Crippen molar-refractivity contribution in [3.8, 4) is 0 Å². The lowest BCUT2D eigenvalue weighted by atomic mass is 10.1. The quantitative estimate of drug-likeness (QED) is 0.0362. The molecule has 1 unspecified atom stereocenters. The van der Waals surface area contributed by atoms with Gasteiger partial charge < -0.3 is 5.73 Å². The Morgan fingerprint density at radius 3 is 1.22 bits per heavy atom. The van der Waals surface area contributed by atoms with E-state index in [1.807, 2.05) is 0 Å². The lowest BCUT2D eigenvalue weighted by Gasteiger charge is -2.33. The van der Waals surface area contributed by atoms with Crippen LogP contribution in [0.15, 0.2) is 4.99 Å². The smallest absolute Gasteiger partial charge is 0.235 e. The molecule has 4 heteroatoms. The van der Waals surface area contributed by atoms with Gasteiger partial charge in [-0.1, -0.05) is 149 Å². The van der Waals surface area contributed by atoms with E-state index in [1.165, 1.54) is 148 Å². The first-order valence-corrected chi connectivity index (χ1v) is 16.5. The zero-order chi connectivity index (χ0) is 26.6. The summed E-state index contributed by atoms with van der Waals surface area (Å²) < 4.78 is 0.797. The topological polar surface area (TPSA) is 50.4 Å². The van der Waals surface area contributed by atoms with Gasteiger partial charge in [-0.3, -0.25) is 0 Å². The number of unbranched alkanes of at least 4 members (excludes halogenated alkanes) is 22. The monoisotopic (exact) mass is 510 g/mol. The molecule has 0 aromatic heterocycles. The molecule has 0 rings (SSSR count). The molecule has 0 aliphatic rings. The van der Waals surface area contributed by atoms with Gasteiger partial charge in [-0.2, -0.15) is 0 Å². The highest BCUT2D eigenvalue weighted by atomic mass is 15.7. The van der Waals surface area contributed by atoms with E-state index in [0.717, 1.165) is 30.6 Å². The maximum absolute atomic E-state index is 6.23. The molecule has 0 fully saturated rings. The summed E-state index contributed by atoms with van der Waals surface area (Å²) in [6.45, 7) is 9.85. The lowest BCUT2D eigenvalue weighted by Crippen LogP contribution is -2.59. The van der Waals surface area contributed by atoms with Crippen LogP contribution in [0.5, 0.6) is 0 Å². The largest absolute Gasteiger partial charge is 0.366 e. The Balaban J connectivity index is 3.66. The Morgan fingerprint density at radius 2 is 0.861 bits per heavy atom. The molecule has 0 saturated carbocycles. The Morgan fingerprint density at radius 1 is 0.528 bits per heavy atom. The molecule has 4 nitrogen and oxygen atoms in total. The minimum absolute atomic E-state index is 0.626. The second kappa shape index (κ2) is 27.3. The lowest BCUT2D eigenvalue weighted by molar-refractivity contribution is -0.941. The van der Waals surface area contributed by atoms with Crippen molar-refractivity contribution >= 4 is 5.96 Å². The second-order valence-corrected chi connectivity index (χ2v) is 11.6. The number of hydrogen-bond donors (Lipinski definition) is 2. The molecule has 3 N–H and O–H groups in total. The van der Waals surface area contributed by atoms with Gasteiger partial charge in [-0.05, 0) is 26.2 Å². The van der Waals surface area contributed by atoms with Crippen molar-refractivity contribution in [3.63, 3.8) is 0 Å². The van der Waals surface area contributed by atoms with Crippen molar-refractivity contribution in [2.75, 3.05) is 26.7 Å². The van der Waals surface area contributed by atoms with Crippen LogP contribution in [0.3, 0.4) is 0 Å². The van der Waals surface area contributed by atoms with Gasteiger partial charge in [0.25, 0.3) is 0 Å². The highest BCUT2D eigenvalue weighted by Crippen LogP contribution is 2.13. The number of rotatable bonds is 28. The van der Waals surface area contributed by atoms with E-state index < -0.39 is 0 Å².